The van der Waals surface area contributed by atoms with Gasteiger partial charge in [0, 0.05) is 44.1 Å². The van der Waals surface area contributed by atoms with Crippen molar-refractivity contribution in [3.05, 3.63) is 106 Å². The van der Waals surface area contributed by atoms with Crippen LogP contribution in [-0.2, 0) is 29.1 Å². The molecule has 260 valence electrons. The number of likely N-dealkylation sites (N-methyl/N-ethyl adjacent to an activating group) is 1. The lowest BCUT2D eigenvalue weighted by molar-refractivity contribution is 0.0136. The van der Waals surface area contributed by atoms with Crippen molar-refractivity contribution < 1.29 is 27.8 Å². The van der Waals surface area contributed by atoms with Crippen LogP contribution >= 0.6 is 0 Å². The van der Waals surface area contributed by atoms with E-state index in [-0.39, 0.29) is 51.4 Å². The zero-order valence-corrected chi connectivity index (χ0v) is 28.2. The number of alkyl halides is 2. The van der Waals surface area contributed by atoms with Crippen LogP contribution < -0.4 is 9.64 Å². The highest BCUT2D eigenvalue weighted by molar-refractivity contribution is 5.89. The van der Waals surface area contributed by atoms with Crippen LogP contribution in [-0.4, -0.2) is 90.2 Å². The number of hydrogen-bond acceptors (Lipinski definition) is 8. The van der Waals surface area contributed by atoms with Crippen molar-refractivity contribution in [3.63, 3.8) is 0 Å². The van der Waals surface area contributed by atoms with Crippen molar-refractivity contribution in [2.45, 2.75) is 57.1 Å². The molecule has 4 heterocycles. The molecule has 0 aliphatic carbocycles. The molecular formula is C38H40F2N6O4. The molecule has 0 spiro atoms. The molecule has 7 rings (SSSR count). The molecule has 3 aromatic carbocycles. The van der Waals surface area contributed by atoms with Crippen molar-refractivity contribution in [2.24, 2.45) is 0 Å². The van der Waals surface area contributed by atoms with Gasteiger partial charge in [-0.05, 0) is 41.4 Å². The van der Waals surface area contributed by atoms with E-state index in [2.05, 4.69) is 36.0 Å². The number of halogens is 2. The SMILES string of the molecule is [C-]#[N+]C[C@H]1CN(c2nc(OC[C@@H]3CC(F)(F)CN3C)nc3c2COC(c2cccc4cccc(C)c24)C3)CCN1C(=O)OCc1ccccc1. The molecule has 0 saturated carbocycles. The number of carbonyl (C=O) groups excluding carboxylic acids is 1. The lowest BCUT2D eigenvalue weighted by atomic mass is 9.92. The van der Waals surface area contributed by atoms with Gasteiger partial charge in [0.25, 0.3) is 5.92 Å². The third-order valence-electron chi connectivity index (χ3n) is 9.92. The molecule has 1 unspecified atom stereocenters. The summed E-state index contributed by atoms with van der Waals surface area (Å²) in [7, 11) is 1.67. The molecule has 10 nitrogen and oxygen atoms in total. The van der Waals surface area contributed by atoms with E-state index in [0.29, 0.717) is 31.9 Å². The Morgan fingerprint density at radius 2 is 1.86 bits per heavy atom. The third-order valence-corrected chi connectivity index (χ3v) is 9.92. The van der Waals surface area contributed by atoms with Crippen LogP contribution in [0.2, 0.25) is 0 Å². The zero-order chi connectivity index (χ0) is 34.8. The third kappa shape index (κ3) is 7.06. The monoisotopic (exact) mass is 682 g/mol. The van der Waals surface area contributed by atoms with E-state index in [1.165, 1.54) is 0 Å². The number of piperazine rings is 1. The molecular weight excluding hydrogens is 642 g/mol. The Bertz CT molecular complexity index is 1900. The Labute approximate surface area is 290 Å². The summed E-state index contributed by atoms with van der Waals surface area (Å²) < 4.78 is 46.6. The molecule has 3 aliphatic rings. The van der Waals surface area contributed by atoms with Crippen molar-refractivity contribution in [1.82, 2.24) is 19.8 Å². The molecule has 50 heavy (non-hydrogen) atoms. The van der Waals surface area contributed by atoms with E-state index in [4.69, 9.17) is 30.8 Å². The van der Waals surface area contributed by atoms with E-state index in [9.17, 15) is 13.6 Å². The smallest absolute Gasteiger partial charge is 0.410 e. The minimum Gasteiger partial charge on any atom is -0.462 e. The van der Waals surface area contributed by atoms with Crippen molar-refractivity contribution in [3.8, 4) is 6.01 Å². The van der Waals surface area contributed by atoms with Gasteiger partial charge in [-0.1, -0.05) is 66.7 Å². The molecule has 2 fully saturated rings. The van der Waals surface area contributed by atoms with Crippen molar-refractivity contribution in [1.29, 1.82) is 0 Å². The first kappa shape index (κ1) is 33.6. The predicted molar refractivity (Wildman–Crippen MR) is 184 cm³/mol. The largest absolute Gasteiger partial charge is 0.462 e. The maximum absolute atomic E-state index is 14.2. The minimum atomic E-state index is -2.77. The summed E-state index contributed by atoms with van der Waals surface area (Å²) in [6.45, 7) is 11.0. The minimum absolute atomic E-state index is 0.0220. The van der Waals surface area contributed by atoms with Crippen LogP contribution in [0, 0.1) is 13.5 Å². The van der Waals surface area contributed by atoms with E-state index < -0.39 is 24.1 Å². The molecule has 2 saturated heterocycles. The van der Waals surface area contributed by atoms with Crippen LogP contribution in [0.25, 0.3) is 15.6 Å². The number of benzene rings is 3. The second kappa shape index (κ2) is 14.2. The highest BCUT2D eigenvalue weighted by Gasteiger charge is 2.44. The second-order valence-electron chi connectivity index (χ2n) is 13.4. The fourth-order valence-electron chi connectivity index (χ4n) is 7.35. The second-order valence-corrected chi connectivity index (χ2v) is 13.4. The van der Waals surface area contributed by atoms with Crippen LogP contribution in [0.4, 0.5) is 19.4 Å². The van der Waals surface area contributed by atoms with E-state index in [0.717, 1.165) is 38.7 Å². The van der Waals surface area contributed by atoms with Gasteiger partial charge >= 0.3 is 12.1 Å². The lowest BCUT2D eigenvalue weighted by Crippen LogP contribution is -2.57. The van der Waals surface area contributed by atoms with Crippen molar-refractivity contribution in [2.75, 3.05) is 51.3 Å². The Morgan fingerprint density at radius 1 is 1.06 bits per heavy atom. The summed E-state index contributed by atoms with van der Waals surface area (Å²) >= 11 is 0. The molecule has 0 N–H and O–H groups in total. The maximum Gasteiger partial charge on any atom is 0.410 e. The number of fused-ring (bicyclic) bond motifs is 2. The van der Waals surface area contributed by atoms with Crippen LogP contribution in [0.15, 0.2) is 66.7 Å². The van der Waals surface area contributed by atoms with Crippen LogP contribution in [0.3, 0.4) is 0 Å². The number of hydrogen-bond donors (Lipinski definition) is 0. The molecule has 3 aliphatic heterocycles. The number of aromatic nitrogens is 2. The Kier molecular flexibility index (Phi) is 9.53. The number of anilines is 1. The topological polar surface area (TPSA) is 84.6 Å². The summed E-state index contributed by atoms with van der Waals surface area (Å²) in [4.78, 5) is 31.8. The summed E-state index contributed by atoms with van der Waals surface area (Å²) in [6.07, 6.45) is -0.565. The molecule has 12 heteroatoms. The van der Waals surface area contributed by atoms with Gasteiger partial charge in [0.15, 0.2) is 0 Å². The molecule has 4 aromatic rings. The van der Waals surface area contributed by atoms with Gasteiger partial charge in [0.05, 0.1) is 24.9 Å². The van der Waals surface area contributed by atoms with Gasteiger partial charge in [0.1, 0.15) is 25.1 Å². The highest BCUT2D eigenvalue weighted by atomic mass is 19.3. The van der Waals surface area contributed by atoms with E-state index in [1.807, 2.05) is 47.4 Å². The number of nitrogens with zero attached hydrogens (tertiary/aromatic N) is 6. The normalized spacial score (nSPS) is 21.9. The highest BCUT2D eigenvalue weighted by Crippen LogP contribution is 2.39. The quantitative estimate of drug-likeness (QED) is 0.203. The van der Waals surface area contributed by atoms with E-state index in [1.54, 1.807) is 16.8 Å². The standard InChI is InChI=1S/C38H40F2N6O4/c1-25-9-7-12-27-13-8-14-30(34(25)27)33-17-32-31(23-48-33)35(43-36(42-32)49-22-28-18-38(39,40)24-44(28)3)45-15-16-46(29(20-45)19-41-2)37(47)50-21-26-10-5-4-6-11-26/h4-14,28-29,33H,15-24H2,1,3H3/t28-,29-,33?/m0/s1. The number of rotatable bonds is 8. The average molecular weight is 683 g/mol. The fraction of sp³-hybridized carbons (Fsp3) is 0.421. The Hall–Kier alpha value is -4.86. The molecule has 1 aromatic heterocycles. The van der Waals surface area contributed by atoms with Gasteiger partial charge in [-0.3, -0.25) is 9.80 Å². The number of ether oxygens (including phenoxy) is 3. The molecule has 0 bridgehead atoms. The number of aryl methyl sites for hydroxylation is 1. The van der Waals surface area contributed by atoms with Crippen LogP contribution in [0.1, 0.15) is 40.5 Å². The van der Waals surface area contributed by atoms with Gasteiger partial charge < -0.3 is 24.0 Å². The first-order chi connectivity index (χ1) is 24.2. The number of carbonyl (C=O) groups is 1. The first-order valence-corrected chi connectivity index (χ1v) is 16.9. The van der Waals surface area contributed by atoms with Gasteiger partial charge in [-0.15, -0.1) is 0 Å². The Morgan fingerprint density at radius 3 is 2.62 bits per heavy atom. The Balaban J connectivity index is 1.16. The maximum atomic E-state index is 14.2. The zero-order valence-electron chi connectivity index (χ0n) is 28.2. The van der Waals surface area contributed by atoms with Gasteiger partial charge in [-0.2, -0.15) is 9.97 Å². The lowest BCUT2D eigenvalue weighted by Gasteiger charge is -2.40. The first-order valence-electron chi connectivity index (χ1n) is 16.9. The average Bonchev–Trinajstić information content (AvgIpc) is 3.39. The summed E-state index contributed by atoms with van der Waals surface area (Å²) in [5.41, 5.74) is 4.69. The number of amides is 1. The fourth-order valence-corrected chi connectivity index (χ4v) is 7.35. The van der Waals surface area contributed by atoms with Crippen LogP contribution in [0.5, 0.6) is 6.01 Å². The van der Waals surface area contributed by atoms with Gasteiger partial charge in [0.2, 0.25) is 6.54 Å². The number of likely N-dealkylation sites (tertiary alicyclic amines) is 1. The summed E-state index contributed by atoms with van der Waals surface area (Å²) in [6, 6.07) is 21.1. The van der Waals surface area contributed by atoms with Gasteiger partial charge in [-0.25, -0.2) is 20.1 Å². The van der Waals surface area contributed by atoms with Crippen molar-refractivity contribution >= 4 is 22.7 Å². The molecule has 1 amide bonds. The molecule has 3 atom stereocenters. The van der Waals surface area contributed by atoms with E-state index >= 15 is 0 Å². The predicted octanol–water partition coefficient (Wildman–Crippen LogP) is 6.22. The molecule has 0 radical (unpaired) electrons. The summed E-state index contributed by atoms with van der Waals surface area (Å²) in [5, 5.41) is 2.28. The summed E-state index contributed by atoms with van der Waals surface area (Å²) in [5.74, 6) is -2.17.